The molecule has 1 saturated carbocycles. The molecule has 18 heavy (non-hydrogen) atoms. The molecule has 1 aliphatic carbocycles. The molecule has 2 rings (SSSR count). The Morgan fingerprint density at radius 1 is 1.33 bits per heavy atom. The summed E-state index contributed by atoms with van der Waals surface area (Å²) in [6.07, 6.45) is 3.80. The zero-order chi connectivity index (χ0) is 13.2. The van der Waals surface area contributed by atoms with Gasteiger partial charge in [-0.3, -0.25) is 4.90 Å². The Morgan fingerprint density at radius 3 is 2.50 bits per heavy atom. The van der Waals surface area contributed by atoms with Gasteiger partial charge in [0.2, 0.25) is 0 Å². The lowest BCUT2D eigenvalue weighted by Crippen LogP contribution is -2.49. The second kappa shape index (κ2) is 5.41. The molecule has 1 aromatic carbocycles. The molecule has 1 fully saturated rings. The number of nitrogens with two attached hydrogens (primary N) is 1. The fourth-order valence-electron chi connectivity index (χ4n) is 3.19. The Morgan fingerprint density at radius 2 is 2.00 bits per heavy atom. The average molecular weight is 246 g/mol. The first kappa shape index (κ1) is 13.6. The van der Waals surface area contributed by atoms with Crippen molar-refractivity contribution in [3.05, 3.63) is 35.4 Å². The highest BCUT2D eigenvalue weighted by molar-refractivity contribution is 5.21. The molecule has 0 aromatic heterocycles. The smallest absolute Gasteiger partial charge is 0.0334 e. The van der Waals surface area contributed by atoms with Crippen molar-refractivity contribution in [1.29, 1.82) is 0 Å². The number of hydrogen-bond acceptors (Lipinski definition) is 2. The number of nitrogens with zero attached hydrogens (tertiary/aromatic N) is 1. The first-order valence-electron chi connectivity index (χ1n) is 7.02. The van der Waals surface area contributed by atoms with Gasteiger partial charge in [0.1, 0.15) is 0 Å². The molecular formula is C16H26N2. The molecule has 2 unspecified atom stereocenters. The summed E-state index contributed by atoms with van der Waals surface area (Å²) in [6, 6.07) is 8.84. The molecule has 2 atom stereocenters. The van der Waals surface area contributed by atoms with Gasteiger partial charge in [0, 0.05) is 18.6 Å². The number of aryl methyl sites for hydroxylation is 1. The molecule has 2 nitrogen and oxygen atoms in total. The van der Waals surface area contributed by atoms with Crippen LogP contribution in [0.1, 0.15) is 37.3 Å². The summed E-state index contributed by atoms with van der Waals surface area (Å²) in [6.45, 7) is 6.26. The quantitative estimate of drug-likeness (QED) is 0.885. The molecule has 1 aliphatic rings. The summed E-state index contributed by atoms with van der Waals surface area (Å²) in [5.41, 5.74) is 9.00. The Bertz CT molecular complexity index is 385. The third-order valence-corrected chi connectivity index (χ3v) is 4.56. The van der Waals surface area contributed by atoms with Gasteiger partial charge in [-0.1, -0.05) is 36.8 Å². The second-order valence-electron chi connectivity index (χ2n) is 6.12. The Hall–Kier alpha value is -0.860. The molecule has 0 aliphatic heterocycles. The third-order valence-electron chi connectivity index (χ3n) is 4.56. The largest absolute Gasteiger partial charge is 0.329 e. The minimum atomic E-state index is 0.226. The van der Waals surface area contributed by atoms with Crippen LogP contribution < -0.4 is 5.73 Å². The molecule has 2 heteroatoms. The number of benzene rings is 1. The normalized spacial score (nSPS) is 27.9. The van der Waals surface area contributed by atoms with Crippen LogP contribution in [0.3, 0.4) is 0 Å². The zero-order valence-electron chi connectivity index (χ0n) is 11.9. The van der Waals surface area contributed by atoms with Gasteiger partial charge in [-0.25, -0.2) is 0 Å². The zero-order valence-corrected chi connectivity index (χ0v) is 11.9. The van der Waals surface area contributed by atoms with Crippen LogP contribution in [0.15, 0.2) is 24.3 Å². The van der Waals surface area contributed by atoms with Crippen molar-refractivity contribution in [2.45, 2.75) is 45.2 Å². The lowest BCUT2D eigenvalue weighted by atomic mass is 9.93. The van der Waals surface area contributed by atoms with Crippen molar-refractivity contribution < 1.29 is 0 Å². The van der Waals surface area contributed by atoms with Crippen LogP contribution in [0.2, 0.25) is 0 Å². The summed E-state index contributed by atoms with van der Waals surface area (Å²) in [7, 11) is 2.23. The van der Waals surface area contributed by atoms with Crippen LogP contribution in [0.5, 0.6) is 0 Å². The van der Waals surface area contributed by atoms with E-state index in [-0.39, 0.29) is 5.54 Å². The van der Waals surface area contributed by atoms with E-state index in [1.54, 1.807) is 0 Å². The van der Waals surface area contributed by atoms with Crippen LogP contribution in [-0.2, 0) is 6.54 Å². The molecule has 0 bridgehead atoms. The van der Waals surface area contributed by atoms with Gasteiger partial charge in [0.05, 0.1) is 0 Å². The van der Waals surface area contributed by atoms with E-state index in [1.165, 1.54) is 30.4 Å². The monoisotopic (exact) mass is 246 g/mol. The fraction of sp³-hybridized carbons (Fsp3) is 0.625. The van der Waals surface area contributed by atoms with Crippen LogP contribution in [-0.4, -0.2) is 24.0 Å². The lowest BCUT2D eigenvalue weighted by Gasteiger charge is -2.38. The molecular weight excluding hydrogens is 220 g/mol. The van der Waals surface area contributed by atoms with Crippen molar-refractivity contribution >= 4 is 0 Å². The van der Waals surface area contributed by atoms with Gasteiger partial charge >= 0.3 is 0 Å². The van der Waals surface area contributed by atoms with Gasteiger partial charge in [-0.15, -0.1) is 0 Å². The third kappa shape index (κ3) is 2.76. The molecule has 0 heterocycles. The summed E-state index contributed by atoms with van der Waals surface area (Å²) < 4.78 is 0. The minimum Gasteiger partial charge on any atom is -0.329 e. The van der Waals surface area contributed by atoms with Gasteiger partial charge in [0.15, 0.2) is 0 Å². The summed E-state index contributed by atoms with van der Waals surface area (Å²) >= 11 is 0. The Balaban J connectivity index is 2.06. The highest BCUT2D eigenvalue weighted by Gasteiger charge is 2.39. The highest BCUT2D eigenvalue weighted by atomic mass is 15.2. The van der Waals surface area contributed by atoms with E-state index < -0.39 is 0 Å². The molecule has 0 radical (unpaired) electrons. The predicted octanol–water partition coefficient (Wildman–Crippen LogP) is 2.94. The van der Waals surface area contributed by atoms with Crippen molar-refractivity contribution in [3.63, 3.8) is 0 Å². The first-order chi connectivity index (χ1) is 8.55. The van der Waals surface area contributed by atoms with E-state index in [0.29, 0.717) is 0 Å². The SMILES string of the molecule is Cc1ccc(CN(C)C2(CN)CCC(C)C2)cc1. The maximum atomic E-state index is 6.07. The average Bonchev–Trinajstić information content (AvgIpc) is 2.75. The number of likely N-dealkylation sites (N-methyl/N-ethyl adjacent to an activating group) is 1. The molecule has 0 saturated heterocycles. The summed E-state index contributed by atoms with van der Waals surface area (Å²) in [5.74, 6) is 0.814. The van der Waals surface area contributed by atoms with E-state index in [0.717, 1.165) is 19.0 Å². The topological polar surface area (TPSA) is 29.3 Å². The fourth-order valence-corrected chi connectivity index (χ4v) is 3.19. The van der Waals surface area contributed by atoms with Crippen LogP contribution in [0.25, 0.3) is 0 Å². The standard InChI is InChI=1S/C16H26N2/c1-13-4-6-15(7-5-13)11-18(3)16(12-17)9-8-14(2)10-16/h4-7,14H,8-12,17H2,1-3H3. The lowest BCUT2D eigenvalue weighted by molar-refractivity contribution is 0.120. The minimum absolute atomic E-state index is 0.226. The maximum Gasteiger partial charge on any atom is 0.0334 e. The van der Waals surface area contributed by atoms with E-state index in [1.807, 2.05) is 0 Å². The van der Waals surface area contributed by atoms with Crippen LogP contribution >= 0.6 is 0 Å². The van der Waals surface area contributed by atoms with Gasteiger partial charge < -0.3 is 5.73 Å². The summed E-state index contributed by atoms with van der Waals surface area (Å²) in [4.78, 5) is 2.47. The molecule has 1 aromatic rings. The van der Waals surface area contributed by atoms with Crippen molar-refractivity contribution in [2.75, 3.05) is 13.6 Å². The summed E-state index contributed by atoms with van der Waals surface area (Å²) in [5, 5.41) is 0. The van der Waals surface area contributed by atoms with Crippen LogP contribution in [0, 0.1) is 12.8 Å². The van der Waals surface area contributed by atoms with E-state index in [9.17, 15) is 0 Å². The number of rotatable bonds is 4. The second-order valence-corrected chi connectivity index (χ2v) is 6.12. The molecule has 2 N–H and O–H groups in total. The first-order valence-corrected chi connectivity index (χ1v) is 7.02. The van der Waals surface area contributed by atoms with E-state index in [4.69, 9.17) is 5.73 Å². The highest BCUT2D eigenvalue weighted by Crippen LogP contribution is 2.38. The van der Waals surface area contributed by atoms with Crippen LogP contribution in [0.4, 0.5) is 0 Å². The Kier molecular flexibility index (Phi) is 4.08. The van der Waals surface area contributed by atoms with Crippen molar-refractivity contribution in [2.24, 2.45) is 11.7 Å². The van der Waals surface area contributed by atoms with Crippen molar-refractivity contribution in [1.82, 2.24) is 4.90 Å². The predicted molar refractivity (Wildman–Crippen MR) is 77.4 cm³/mol. The van der Waals surface area contributed by atoms with Gasteiger partial charge in [-0.05, 0) is 44.7 Å². The van der Waals surface area contributed by atoms with Gasteiger partial charge in [0.25, 0.3) is 0 Å². The van der Waals surface area contributed by atoms with E-state index >= 15 is 0 Å². The van der Waals surface area contributed by atoms with E-state index in [2.05, 4.69) is 50.1 Å². The van der Waals surface area contributed by atoms with Crippen molar-refractivity contribution in [3.8, 4) is 0 Å². The number of hydrogen-bond donors (Lipinski definition) is 1. The molecule has 0 amide bonds. The molecule has 0 spiro atoms. The Labute approximate surface area is 111 Å². The molecule has 100 valence electrons. The maximum absolute atomic E-state index is 6.07. The van der Waals surface area contributed by atoms with Gasteiger partial charge in [-0.2, -0.15) is 0 Å².